The standard InChI is InChI=1S/C20H27FN4O2S.HI/c1-5-22-20(25(4)15-16-10-12-18(21)13-11-16)23-14-17-8-6-7-9-19(17)28(26,27)24(2)3;/h6-13H,5,14-15H2,1-4H3,(H,22,23);1H. The summed E-state index contributed by atoms with van der Waals surface area (Å²) >= 11 is 0. The zero-order valence-electron chi connectivity index (χ0n) is 17.1. The van der Waals surface area contributed by atoms with Gasteiger partial charge in [0, 0.05) is 34.2 Å². The van der Waals surface area contributed by atoms with Crippen LogP contribution in [0.1, 0.15) is 18.1 Å². The van der Waals surface area contributed by atoms with Gasteiger partial charge < -0.3 is 10.2 Å². The number of guanidine groups is 1. The third-order valence-electron chi connectivity index (χ3n) is 4.16. The molecule has 0 radical (unpaired) electrons. The van der Waals surface area contributed by atoms with E-state index in [-0.39, 0.29) is 41.2 Å². The van der Waals surface area contributed by atoms with Gasteiger partial charge in [-0.05, 0) is 36.2 Å². The van der Waals surface area contributed by atoms with Gasteiger partial charge in [0.1, 0.15) is 5.82 Å². The third-order valence-corrected chi connectivity index (χ3v) is 6.08. The number of nitrogens with zero attached hydrogens (tertiary/aromatic N) is 3. The number of nitrogens with one attached hydrogen (secondary N) is 1. The molecular formula is C20H28FIN4O2S. The molecule has 0 heterocycles. The lowest BCUT2D eigenvalue weighted by Crippen LogP contribution is -2.38. The zero-order valence-corrected chi connectivity index (χ0v) is 20.2. The van der Waals surface area contributed by atoms with Crippen molar-refractivity contribution >= 4 is 40.0 Å². The first-order valence-corrected chi connectivity index (χ1v) is 10.4. The fourth-order valence-electron chi connectivity index (χ4n) is 2.65. The number of hydrogen-bond donors (Lipinski definition) is 1. The topological polar surface area (TPSA) is 65.0 Å². The van der Waals surface area contributed by atoms with Crippen LogP contribution in [0.5, 0.6) is 0 Å². The van der Waals surface area contributed by atoms with E-state index in [1.165, 1.54) is 30.5 Å². The van der Waals surface area contributed by atoms with Crippen molar-refractivity contribution in [3.05, 3.63) is 65.5 Å². The summed E-state index contributed by atoms with van der Waals surface area (Å²) in [5, 5.41) is 3.21. The Hall–Kier alpha value is -1.72. The van der Waals surface area contributed by atoms with Gasteiger partial charge in [-0.2, -0.15) is 0 Å². The van der Waals surface area contributed by atoms with Gasteiger partial charge in [0.2, 0.25) is 10.0 Å². The highest BCUT2D eigenvalue weighted by Crippen LogP contribution is 2.19. The van der Waals surface area contributed by atoms with Crippen molar-refractivity contribution in [1.29, 1.82) is 0 Å². The summed E-state index contributed by atoms with van der Waals surface area (Å²) < 4.78 is 39.4. The molecule has 1 N–H and O–H groups in total. The maximum atomic E-state index is 13.1. The van der Waals surface area contributed by atoms with E-state index in [2.05, 4.69) is 10.3 Å². The summed E-state index contributed by atoms with van der Waals surface area (Å²) in [5.41, 5.74) is 1.58. The average molecular weight is 534 g/mol. The van der Waals surface area contributed by atoms with Crippen LogP contribution in [0.15, 0.2) is 58.4 Å². The molecule has 0 saturated heterocycles. The number of benzene rings is 2. The molecule has 160 valence electrons. The summed E-state index contributed by atoms with van der Waals surface area (Å²) in [6.45, 7) is 3.40. The smallest absolute Gasteiger partial charge is 0.242 e. The Morgan fingerprint density at radius 3 is 2.28 bits per heavy atom. The van der Waals surface area contributed by atoms with Crippen molar-refractivity contribution < 1.29 is 12.8 Å². The Bertz CT molecular complexity index is 918. The van der Waals surface area contributed by atoms with Crippen LogP contribution >= 0.6 is 24.0 Å². The molecule has 9 heteroatoms. The number of aliphatic imine (C=N–C) groups is 1. The minimum atomic E-state index is -3.55. The molecule has 2 aromatic carbocycles. The van der Waals surface area contributed by atoms with Gasteiger partial charge in [-0.25, -0.2) is 22.1 Å². The largest absolute Gasteiger partial charge is 0.357 e. The van der Waals surface area contributed by atoms with E-state index in [9.17, 15) is 12.8 Å². The Labute approximate surface area is 189 Å². The van der Waals surface area contributed by atoms with E-state index in [1.54, 1.807) is 36.4 Å². The predicted octanol–water partition coefficient (Wildman–Crippen LogP) is 3.29. The Balaban J connectivity index is 0.00000420. The second-order valence-electron chi connectivity index (χ2n) is 6.55. The fraction of sp³-hybridized carbons (Fsp3) is 0.350. The number of rotatable bonds is 7. The maximum absolute atomic E-state index is 13.1. The molecule has 2 rings (SSSR count). The summed E-state index contributed by atoms with van der Waals surface area (Å²) in [4.78, 5) is 6.77. The van der Waals surface area contributed by atoms with Gasteiger partial charge in [0.15, 0.2) is 5.96 Å². The van der Waals surface area contributed by atoms with E-state index < -0.39 is 10.0 Å². The second-order valence-corrected chi connectivity index (χ2v) is 8.67. The quantitative estimate of drug-likeness (QED) is 0.337. The highest BCUT2D eigenvalue weighted by molar-refractivity contribution is 14.0. The summed E-state index contributed by atoms with van der Waals surface area (Å²) in [7, 11) is 1.36. The molecule has 0 fully saturated rings. The summed E-state index contributed by atoms with van der Waals surface area (Å²) in [6, 6.07) is 13.2. The molecule has 0 saturated carbocycles. The molecule has 0 amide bonds. The van der Waals surface area contributed by atoms with E-state index >= 15 is 0 Å². The van der Waals surface area contributed by atoms with Gasteiger partial charge >= 0.3 is 0 Å². The molecular weight excluding hydrogens is 506 g/mol. The van der Waals surface area contributed by atoms with Gasteiger partial charge in [0.05, 0.1) is 11.4 Å². The molecule has 0 atom stereocenters. The number of sulfonamides is 1. The average Bonchev–Trinajstić information content (AvgIpc) is 2.67. The van der Waals surface area contributed by atoms with Crippen LogP contribution in [0, 0.1) is 5.82 Å². The minimum absolute atomic E-state index is 0. The number of hydrogen-bond acceptors (Lipinski definition) is 3. The van der Waals surface area contributed by atoms with Crippen LogP contribution in [0.3, 0.4) is 0 Å². The summed E-state index contributed by atoms with van der Waals surface area (Å²) in [5.74, 6) is 0.370. The highest BCUT2D eigenvalue weighted by atomic mass is 127. The zero-order chi connectivity index (χ0) is 20.7. The monoisotopic (exact) mass is 534 g/mol. The lowest BCUT2D eigenvalue weighted by Gasteiger charge is -2.22. The third kappa shape index (κ3) is 6.93. The van der Waals surface area contributed by atoms with Crippen molar-refractivity contribution in [2.75, 3.05) is 27.7 Å². The van der Waals surface area contributed by atoms with Crippen molar-refractivity contribution in [2.45, 2.75) is 24.9 Å². The van der Waals surface area contributed by atoms with Crippen LogP contribution in [-0.4, -0.2) is 51.3 Å². The summed E-state index contributed by atoms with van der Waals surface area (Å²) in [6.07, 6.45) is 0. The molecule has 0 spiro atoms. The predicted molar refractivity (Wildman–Crippen MR) is 125 cm³/mol. The van der Waals surface area contributed by atoms with E-state index in [0.29, 0.717) is 24.6 Å². The normalized spacial score (nSPS) is 11.9. The molecule has 6 nitrogen and oxygen atoms in total. The van der Waals surface area contributed by atoms with Gasteiger partial charge in [-0.3, -0.25) is 0 Å². The molecule has 0 bridgehead atoms. The van der Waals surface area contributed by atoms with Crippen molar-refractivity contribution in [3.8, 4) is 0 Å². The van der Waals surface area contributed by atoms with Crippen LogP contribution < -0.4 is 5.32 Å². The second kappa shape index (κ2) is 11.5. The first kappa shape index (κ1) is 25.3. The lowest BCUT2D eigenvalue weighted by molar-refractivity contribution is 0.476. The Morgan fingerprint density at radius 1 is 1.07 bits per heavy atom. The fourth-order valence-corrected chi connectivity index (χ4v) is 3.76. The molecule has 0 aromatic heterocycles. The number of halogens is 2. The van der Waals surface area contributed by atoms with Crippen molar-refractivity contribution in [3.63, 3.8) is 0 Å². The minimum Gasteiger partial charge on any atom is -0.357 e. The first-order chi connectivity index (χ1) is 13.3. The van der Waals surface area contributed by atoms with Crippen LogP contribution in [-0.2, 0) is 23.1 Å². The van der Waals surface area contributed by atoms with E-state index in [1.807, 2.05) is 18.9 Å². The van der Waals surface area contributed by atoms with Crippen LogP contribution in [0.4, 0.5) is 4.39 Å². The maximum Gasteiger partial charge on any atom is 0.242 e. The van der Waals surface area contributed by atoms with E-state index in [4.69, 9.17) is 0 Å². The molecule has 0 unspecified atom stereocenters. The molecule has 29 heavy (non-hydrogen) atoms. The van der Waals surface area contributed by atoms with Gasteiger partial charge in [-0.1, -0.05) is 30.3 Å². The molecule has 0 aliphatic heterocycles. The Morgan fingerprint density at radius 2 is 1.69 bits per heavy atom. The lowest BCUT2D eigenvalue weighted by atomic mass is 10.2. The van der Waals surface area contributed by atoms with Gasteiger partial charge in [-0.15, -0.1) is 24.0 Å². The van der Waals surface area contributed by atoms with Crippen molar-refractivity contribution in [2.24, 2.45) is 4.99 Å². The van der Waals surface area contributed by atoms with Crippen LogP contribution in [0.2, 0.25) is 0 Å². The molecule has 0 aliphatic carbocycles. The SMILES string of the molecule is CCNC(=NCc1ccccc1S(=O)(=O)N(C)C)N(C)Cc1ccc(F)cc1.I. The van der Waals surface area contributed by atoms with E-state index in [0.717, 1.165) is 5.56 Å². The highest BCUT2D eigenvalue weighted by Gasteiger charge is 2.20. The molecule has 0 aliphatic rings. The Kier molecular flexibility index (Phi) is 10.0. The molecule has 2 aromatic rings. The first-order valence-electron chi connectivity index (χ1n) is 9.00. The van der Waals surface area contributed by atoms with Crippen molar-refractivity contribution in [1.82, 2.24) is 14.5 Å². The van der Waals surface area contributed by atoms with Gasteiger partial charge in [0.25, 0.3) is 0 Å². The van der Waals surface area contributed by atoms with Crippen LogP contribution in [0.25, 0.3) is 0 Å².